The van der Waals surface area contributed by atoms with Crippen LogP contribution >= 0.6 is 0 Å². The van der Waals surface area contributed by atoms with Gasteiger partial charge in [0, 0.05) is 32.6 Å². The molecule has 132 valence electrons. The number of hydrogen-bond donors (Lipinski definition) is 0. The number of carbonyl (C=O) groups is 2. The molecule has 24 heavy (non-hydrogen) atoms. The van der Waals surface area contributed by atoms with Crippen molar-refractivity contribution in [2.45, 2.75) is 52.3 Å². The third kappa shape index (κ3) is 5.64. The number of ketones is 1. The highest BCUT2D eigenvalue weighted by Gasteiger charge is 2.33. The SMILES string of the molecule is CC(=O)C[C@H]1CN(Cc2ccccc2)CCN1C(=O)OC(C)(C)C. The minimum atomic E-state index is -0.529. The standard InChI is InChI=1S/C19H28N2O3/c1-15(22)12-17-14-20(13-16-8-6-5-7-9-16)10-11-21(17)18(23)24-19(2,3)4/h5-9,17H,10-14H2,1-4H3/t17-/m0/s1. The Morgan fingerprint density at radius 1 is 1.17 bits per heavy atom. The highest BCUT2D eigenvalue weighted by atomic mass is 16.6. The third-order valence-electron chi connectivity index (χ3n) is 3.97. The lowest BCUT2D eigenvalue weighted by Crippen LogP contribution is -2.56. The molecule has 0 N–H and O–H groups in total. The molecule has 0 aliphatic carbocycles. The average Bonchev–Trinajstić information content (AvgIpc) is 2.46. The van der Waals surface area contributed by atoms with Crippen molar-refractivity contribution in [3.05, 3.63) is 35.9 Å². The summed E-state index contributed by atoms with van der Waals surface area (Å²) in [4.78, 5) is 28.1. The molecule has 1 aliphatic heterocycles. The first kappa shape index (κ1) is 18.5. The molecule has 1 amide bonds. The Labute approximate surface area is 144 Å². The number of amides is 1. The van der Waals surface area contributed by atoms with Crippen LogP contribution in [-0.2, 0) is 16.1 Å². The van der Waals surface area contributed by atoms with E-state index < -0.39 is 5.60 Å². The topological polar surface area (TPSA) is 49.9 Å². The summed E-state index contributed by atoms with van der Waals surface area (Å²) in [5.74, 6) is 0.0927. The molecule has 1 saturated heterocycles. The highest BCUT2D eigenvalue weighted by molar-refractivity contribution is 5.77. The lowest BCUT2D eigenvalue weighted by atomic mass is 10.1. The zero-order valence-corrected chi connectivity index (χ0v) is 15.1. The summed E-state index contributed by atoms with van der Waals surface area (Å²) in [6.45, 7) is 10.0. The lowest BCUT2D eigenvalue weighted by Gasteiger charge is -2.41. The van der Waals surface area contributed by atoms with E-state index >= 15 is 0 Å². The van der Waals surface area contributed by atoms with Crippen LogP contribution in [0.5, 0.6) is 0 Å². The fourth-order valence-electron chi connectivity index (χ4n) is 2.97. The number of Topliss-reactive ketones (excluding diaryl/α,β-unsaturated/α-hetero) is 1. The average molecular weight is 332 g/mol. The molecule has 1 aromatic carbocycles. The molecule has 1 heterocycles. The Hall–Kier alpha value is -1.88. The van der Waals surface area contributed by atoms with Gasteiger partial charge in [0.2, 0.25) is 0 Å². The van der Waals surface area contributed by atoms with E-state index in [-0.39, 0.29) is 17.9 Å². The van der Waals surface area contributed by atoms with Crippen LogP contribution in [0.4, 0.5) is 4.79 Å². The van der Waals surface area contributed by atoms with Gasteiger partial charge in [0.15, 0.2) is 0 Å². The summed E-state index contributed by atoms with van der Waals surface area (Å²) in [5, 5.41) is 0. The second-order valence-electron chi connectivity index (χ2n) is 7.45. The van der Waals surface area contributed by atoms with E-state index in [1.165, 1.54) is 5.56 Å². The number of piperazine rings is 1. The Bertz CT molecular complexity index is 566. The van der Waals surface area contributed by atoms with E-state index in [2.05, 4.69) is 17.0 Å². The molecule has 0 aromatic heterocycles. The minimum Gasteiger partial charge on any atom is -0.444 e. The van der Waals surface area contributed by atoms with Crippen LogP contribution in [0.3, 0.4) is 0 Å². The first-order valence-corrected chi connectivity index (χ1v) is 8.50. The van der Waals surface area contributed by atoms with Gasteiger partial charge in [-0.1, -0.05) is 30.3 Å². The normalized spacial score (nSPS) is 19.2. The van der Waals surface area contributed by atoms with Gasteiger partial charge >= 0.3 is 6.09 Å². The lowest BCUT2D eigenvalue weighted by molar-refractivity contribution is -0.118. The molecule has 5 nitrogen and oxygen atoms in total. The maximum absolute atomic E-state index is 12.4. The van der Waals surface area contributed by atoms with Gasteiger partial charge in [-0.05, 0) is 33.3 Å². The number of ether oxygens (including phenoxy) is 1. The van der Waals surface area contributed by atoms with Crippen LogP contribution in [0, 0.1) is 0 Å². The molecular weight excluding hydrogens is 304 g/mol. The van der Waals surface area contributed by atoms with Crippen molar-refractivity contribution in [1.29, 1.82) is 0 Å². The van der Waals surface area contributed by atoms with E-state index in [1.807, 2.05) is 39.0 Å². The molecule has 5 heteroatoms. The molecule has 1 aromatic rings. The number of nitrogens with zero attached hydrogens (tertiary/aromatic N) is 2. The molecule has 0 radical (unpaired) electrons. The van der Waals surface area contributed by atoms with Crippen LogP contribution in [0.1, 0.15) is 39.7 Å². The molecule has 0 bridgehead atoms. The van der Waals surface area contributed by atoms with Gasteiger partial charge in [0.25, 0.3) is 0 Å². The highest BCUT2D eigenvalue weighted by Crippen LogP contribution is 2.19. The van der Waals surface area contributed by atoms with Gasteiger partial charge < -0.3 is 9.64 Å². The monoisotopic (exact) mass is 332 g/mol. The number of rotatable bonds is 4. The maximum Gasteiger partial charge on any atom is 0.410 e. The van der Waals surface area contributed by atoms with Gasteiger partial charge in [-0.2, -0.15) is 0 Å². The van der Waals surface area contributed by atoms with E-state index in [0.29, 0.717) is 19.5 Å². The van der Waals surface area contributed by atoms with E-state index in [0.717, 1.165) is 13.1 Å². The summed E-state index contributed by atoms with van der Waals surface area (Å²) in [6.07, 6.45) is 0.0398. The molecule has 1 fully saturated rings. The first-order chi connectivity index (χ1) is 11.2. The smallest absolute Gasteiger partial charge is 0.410 e. The van der Waals surface area contributed by atoms with Crippen LogP contribution in [0.2, 0.25) is 0 Å². The second kappa shape index (κ2) is 7.79. The summed E-state index contributed by atoms with van der Waals surface area (Å²) < 4.78 is 5.50. The quantitative estimate of drug-likeness (QED) is 0.850. The molecule has 0 spiro atoms. The Kier molecular flexibility index (Phi) is 5.99. The predicted molar refractivity (Wildman–Crippen MR) is 93.7 cm³/mol. The predicted octanol–water partition coefficient (Wildman–Crippen LogP) is 3.09. The first-order valence-electron chi connectivity index (χ1n) is 8.50. The van der Waals surface area contributed by atoms with Crippen LogP contribution in [-0.4, -0.2) is 53.0 Å². The zero-order valence-electron chi connectivity index (χ0n) is 15.1. The number of benzene rings is 1. The minimum absolute atomic E-state index is 0.0927. The zero-order chi connectivity index (χ0) is 17.7. The van der Waals surface area contributed by atoms with Crippen molar-refractivity contribution in [3.63, 3.8) is 0 Å². The molecular formula is C19H28N2O3. The van der Waals surface area contributed by atoms with E-state index in [4.69, 9.17) is 4.74 Å². The summed E-state index contributed by atoms with van der Waals surface area (Å²) in [7, 11) is 0. The van der Waals surface area contributed by atoms with Gasteiger partial charge in [0.1, 0.15) is 11.4 Å². The van der Waals surface area contributed by atoms with Gasteiger partial charge in [-0.25, -0.2) is 4.79 Å². The number of hydrogen-bond acceptors (Lipinski definition) is 4. The second-order valence-corrected chi connectivity index (χ2v) is 7.45. The molecule has 1 atom stereocenters. The van der Waals surface area contributed by atoms with Crippen molar-refractivity contribution in [2.75, 3.05) is 19.6 Å². The van der Waals surface area contributed by atoms with Crippen molar-refractivity contribution in [3.8, 4) is 0 Å². The number of carbonyl (C=O) groups excluding carboxylic acids is 2. The van der Waals surface area contributed by atoms with Crippen LogP contribution in [0.25, 0.3) is 0 Å². The van der Waals surface area contributed by atoms with Gasteiger partial charge in [-0.3, -0.25) is 9.69 Å². The molecule has 2 rings (SSSR count). The van der Waals surface area contributed by atoms with Crippen LogP contribution in [0.15, 0.2) is 30.3 Å². The summed E-state index contributed by atoms with van der Waals surface area (Å²) >= 11 is 0. The van der Waals surface area contributed by atoms with Crippen LogP contribution < -0.4 is 0 Å². The molecule has 0 unspecified atom stereocenters. The summed E-state index contributed by atoms with van der Waals surface area (Å²) in [6, 6.07) is 10.1. The maximum atomic E-state index is 12.4. The fourth-order valence-corrected chi connectivity index (χ4v) is 2.97. The Morgan fingerprint density at radius 3 is 2.42 bits per heavy atom. The van der Waals surface area contributed by atoms with Gasteiger partial charge in [-0.15, -0.1) is 0 Å². The van der Waals surface area contributed by atoms with E-state index in [9.17, 15) is 9.59 Å². The third-order valence-corrected chi connectivity index (χ3v) is 3.97. The molecule has 1 aliphatic rings. The van der Waals surface area contributed by atoms with Gasteiger partial charge in [0.05, 0.1) is 6.04 Å². The van der Waals surface area contributed by atoms with E-state index in [1.54, 1.807) is 11.8 Å². The summed E-state index contributed by atoms with van der Waals surface area (Å²) in [5.41, 5.74) is 0.712. The van der Waals surface area contributed by atoms with Crippen molar-refractivity contribution in [1.82, 2.24) is 9.80 Å². The largest absolute Gasteiger partial charge is 0.444 e. The Morgan fingerprint density at radius 2 is 1.83 bits per heavy atom. The van der Waals surface area contributed by atoms with Crippen molar-refractivity contribution >= 4 is 11.9 Å². The fraction of sp³-hybridized carbons (Fsp3) is 0.579. The molecule has 0 saturated carbocycles. The van der Waals surface area contributed by atoms with Crippen molar-refractivity contribution in [2.24, 2.45) is 0 Å². The Balaban J connectivity index is 2.04. The van der Waals surface area contributed by atoms with Crippen molar-refractivity contribution < 1.29 is 14.3 Å².